The van der Waals surface area contributed by atoms with Gasteiger partial charge in [0.25, 0.3) is 0 Å². The monoisotopic (exact) mass is 279 g/mol. The van der Waals surface area contributed by atoms with Crippen molar-refractivity contribution in [3.05, 3.63) is 71.7 Å². The molecular weight excluding hydrogens is 258 g/mol. The fourth-order valence-corrected chi connectivity index (χ4v) is 2.99. The zero-order valence-electron chi connectivity index (χ0n) is 12.6. The maximum absolute atomic E-state index is 5.63. The molecule has 2 aromatic carbocycles. The maximum atomic E-state index is 5.63. The standard InChI is InChI=1S/C19H21NO/c1-3-18-17(12-13-21-18)19(20-4-2)16-11-7-9-14-8-5-6-10-15(14)16/h5-13,19-20H,3-4H2,1-2H3. The van der Waals surface area contributed by atoms with Crippen molar-refractivity contribution in [2.45, 2.75) is 26.3 Å². The van der Waals surface area contributed by atoms with Gasteiger partial charge in [-0.3, -0.25) is 0 Å². The predicted octanol–water partition coefficient (Wildman–Crippen LogP) is 4.69. The first-order valence-electron chi connectivity index (χ1n) is 7.62. The average molecular weight is 279 g/mol. The SMILES string of the molecule is CCNC(c1ccoc1CC)c1cccc2ccccc12. The number of hydrogen-bond donors (Lipinski definition) is 1. The van der Waals surface area contributed by atoms with E-state index >= 15 is 0 Å². The van der Waals surface area contributed by atoms with Crippen molar-refractivity contribution in [2.24, 2.45) is 0 Å². The Hall–Kier alpha value is -2.06. The highest BCUT2D eigenvalue weighted by Gasteiger charge is 2.19. The molecule has 0 amide bonds. The molecule has 108 valence electrons. The molecule has 0 aliphatic rings. The third-order valence-electron chi connectivity index (χ3n) is 3.95. The van der Waals surface area contributed by atoms with Gasteiger partial charge in [-0.25, -0.2) is 0 Å². The highest BCUT2D eigenvalue weighted by molar-refractivity contribution is 5.86. The average Bonchev–Trinajstić information content (AvgIpc) is 3.00. The Morgan fingerprint density at radius 3 is 2.57 bits per heavy atom. The van der Waals surface area contributed by atoms with E-state index in [1.807, 2.05) is 0 Å². The Labute approximate surface area is 125 Å². The van der Waals surface area contributed by atoms with E-state index < -0.39 is 0 Å². The molecule has 0 bridgehead atoms. The van der Waals surface area contributed by atoms with Crippen molar-refractivity contribution in [3.8, 4) is 0 Å². The summed E-state index contributed by atoms with van der Waals surface area (Å²) in [6, 6.07) is 17.3. The van der Waals surface area contributed by atoms with E-state index in [1.54, 1.807) is 6.26 Å². The molecule has 1 N–H and O–H groups in total. The summed E-state index contributed by atoms with van der Waals surface area (Å²) >= 11 is 0. The Morgan fingerprint density at radius 1 is 0.952 bits per heavy atom. The molecule has 21 heavy (non-hydrogen) atoms. The quantitative estimate of drug-likeness (QED) is 0.732. The summed E-state index contributed by atoms with van der Waals surface area (Å²) in [6.45, 7) is 5.19. The molecule has 1 heterocycles. The van der Waals surface area contributed by atoms with Gasteiger partial charge in [0.1, 0.15) is 5.76 Å². The van der Waals surface area contributed by atoms with Crippen LogP contribution in [0.1, 0.15) is 36.8 Å². The summed E-state index contributed by atoms with van der Waals surface area (Å²) in [5.41, 5.74) is 2.56. The van der Waals surface area contributed by atoms with Crippen LogP contribution < -0.4 is 5.32 Å². The lowest BCUT2D eigenvalue weighted by atomic mass is 9.93. The molecule has 3 rings (SSSR count). The van der Waals surface area contributed by atoms with E-state index in [0.717, 1.165) is 18.7 Å². The van der Waals surface area contributed by atoms with Gasteiger partial charge in [0.2, 0.25) is 0 Å². The fourth-order valence-electron chi connectivity index (χ4n) is 2.99. The van der Waals surface area contributed by atoms with E-state index in [2.05, 4.69) is 67.7 Å². The summed E-state index contributed by atoms with van der Waals surface area (Å²) in [7, 11) is 0. The van der Waals surface area contributed by atoms with Crippen LogP contribution in [0.4, 0.5) is 0 Å². The number of nitrogens with one attached hydrogen (secondary N) is 1. The van der Waals surface area contributed by atoms with Gasteiger partial charge in [0.05, 0.1) is 12.3 Å². The molecule has 0 saturated heterocycles. The second-order valence-corrected chi connectivity index (χ2v) is 5.21. The van der Waals surface area contributed by atoms with Crippen LogP contribution in [0.5, 0.6) is 0 Å². The van der Waals surface area contributed by atoms with Gasteiger partial charge in [-0.05, 0) is 28.9 Å². The van der Waals surface area contributed by atoms with Crippen LogP contribution in [-0.2, 0) is 6.42 Å². The normalized spacial score (nSPS) is 12.7. The van der Waals surface area contributed by atoms with Crippen molar-refractivity contribution >= 4 is 10.8 Å². The first kappa shape index (κ1) is 13.9. The third kappa shape index (κ3) is 2.59. The Bertz CT molecular complexity index is 724. The zero-order valence-corrected chi connectivity index (χ0v) is 12.6. The molecule has 0 aliphatic carbocycles. The minimum absolute atomic E-state index is 0.176. The maximum Gasteiger partial charge on any atom is 0.108 e. The Kier molecular flexibility index (Phi) is 4.07. The summed E-state index contributed by atoms with van der Waals surface area (Å²) in [5.74, 6) is 1.06. The fraction of sp³-hybridized carbons (Fsp3) is 0.263. The van der Waals surface area contributed by atoms with Gasteiger partial charge in [0, 0.05) is 12.0 Å². The zero-order chi connectivity index (χ0) is 14.7. The van der Waals surface area contributed by atoms with Gasteiger partial charge in [0.15, 0.2) is 0 Å². The molecule has 0 radical (unpaired) electrons. The number of hydrogen-bond acceptors (Lipinski definition) is 2. The lowest BCUT2D eigenvalue weighted by Crippen LogP contribution is -2.22. The largest absolute Gasteiger partial charge is 0.469 e. The highest BCUT2D eigenvalue weighted by atomic mass is 16.3. The van der Waals surface area contributed by atoms with Crippen LogP contribution in [-0.4, -0.2) is 6.54 Å². The van der Waals surface area contributed by atoms with Crippen LogP contribution in [0.3, 0.4) is 0 Å². The van der Waals surface area contributed by atoms with Crippen molar-refractivity contribution in [1.82, 2.24) is 5.32 Å². The van der Waals surface area contributed by atoms with Crippen molar-refractivity contribution in [3.63, 3.8) is 0 Å². The number of benzene rings is 2. The van der Waals surface area contributed by atoms with Crippen LogP contribution in [0, 0.1) is 0 Å². The first-order chi connectivity index (χ1) is 10.3. The molecular formula is C19H21NO. The van der Waals surface area contributed by atoms with E-state index in [9.17, 15) is 0 Å². The molecule has 2 nitrogen and oxygen atoms in total. The van der Waals surface area contributed by atoms with Gasteiger partial charge in [-0.15, -0.1) is 0 Å². The van der Waals surface area contributed by atoms with Crippen LogP contribution in [0.15, 0.2) is 59.2 Å². The molecule has 0 spiro atoms. The van der Waals surface area contributed by atoms with Gasteiger partial charge in [-0.2, -0.15) is 0 Å². The third-order valence-corrected chi connectivity index (χ3v) is 3.95. The van der Waals surface area contributed by atoms with Gasteiger partial charge in [-0.1, -0.05) is 56.3 Å². The Balaban J connectivity index is 2.16. The smallest absolute Gasteiger partial charge is 0.108 e. The second kappa shape index (κ2) is 6.15. The van der Waals surface area contributed by atoms with Crippen molar-refractivity contribution in [2.75, 3.05) is 6.54 Å². The van der Waals surface area contributed by atoms with Crippen LogP contribution in [0.2, 0.25) is 0 Å². The Morgan fingerprint density at radius 2 is 1.76 bits per heavy atom. The lowest BCUT2D eigenvalue weighted by Gasteiger charge is -2.20. The number of fused-ring (bicyclic) bond motifs is 1. The minimum atomic E-state index is 0.176. The van der Waals surface area contributed by atoms with Crippen molar-refractivity contribution < 1.29 is 4.42 Å². The number of aryl methyl sites for hydroxylation is 1. The van der Waals surface area contributed by atoms with Crippen LogP contribution >= 0.6 is 0 Å². The van der Waals surface area contributed by atoms with E-state index in [0.29, 0.717) is 0 Å². The summed E-state index contributed by atoms with van der Waals surface area (Å²) in [4.78, 5) is 0. The van der Waals surface area contributed by atoms with Gasteiger partial charge >= 0.3 is 0 Å². The molecule has 3 aromatic rings. The molecule has 1 aromatic heterocycles. The first-order valence-corrected chi connectivity index (χ1v) is 7.62. The summed E-state index contributed by atoms with van der Waals surface area (Å²) < 4.78 is 5.63. The second-order valence-electron chi connectivity index (χ2n) is 5.21. The molecule has 1 atom stereocenters. The summed E-state index contributed by atoms with van der Waals surface area (Å²) in [6.07, 6.45) is 2.71. The number of rotatable bonds is 5. The van der Waals surface area contributed by atoms with E-state index in [1.165, 1.54) is 21.9 Å². The number of furan rings is 1. The lowest BCUT2D eigenvalue weighted by molar-refractivity contribution is 0.502. The summed E-state index contributed by atoms with van der Waals surface area (Å²) in [5, 5.41) is 6.19. The minimum Gasteiger partial charge on any atom is -0.469 e. The topological polar surface area (TPSA) is 25.2 Å². The van der Waals surface area contributed by atoms with Gasteiger partial charge < -0.3 is 9.73 Å². The van der Waals surface area contributed by atoms with E-state index in [-0.39, 0.29) is 6.04 Å². The molecule has 2 heteroatoms. The molecule has 0 aliphatic heterocycles. The van der Waals surface area contributed by atoms with E-state index in [4.69, 9.17) is 4.42 Å². The predicted molar refractivity (Wildman–Crippen MR) is 87.6 cm³/mol. The molecule has 0 fully saturated rings. The molecule has 0 saturated carbocycles. The highest BCUT2D eigenvalue weighted by Crippen LogP contribution is 2.31. The van der Waals surface area contributed by atoms with Crippen molar-refractivity contribution in [1.29, 1.82) is 0 Å². The van der Waals surface area contributed by atoms with Crippen LogP contribution in [0.25, 0.3) is 10.8 Å². The molecule has 1 unspecified atom stereocenters.